The molecular weight excluding hydrogens is 270 g/mol. The third-order valence-electron chi connectivity index (χ3n) is 4.62. The van der Waals surface area contributed by atoms with Gasteiger partial charge in [-0.05, 0) is 19.3 Å². The fourth-order valence-electron chi connectivity index (χ4n) is 3.10. The van der Waals surface area contributed by atoms with Crippen LogP contribution in [0.2, 0.25) is 0 Å². The fraction of sp³-hybridized carbons (Fsp3) is 0.941. The number of carbonyl (C=O) groups is 1. The maximum atomic E-state index is 11.8. The molecule has 0 heterocycles. The molecule has 3 heteroatoms. The van der Waals surface area contributed by atoms with Gasteiger partial charge >= 0.3 is 0 Å². The maximum absolute atomic E-state index is 11.8. The van der Waals surface area contributed by atoms with Crippen LogP contribution in [0.3, 0.4) is 0 Å². The number of nitrogens with one attached hydrogen (secondary N) is 1. The quantitative estimate of drug-likeness (QED) is 0.420. The van der Waals surface area contributed by atoms with Crippen molar-refractivity contribution in [1.29, 1.82) is 0 Å². The standard InChI is InChI=1S/C17H32ClNO/c1-2-3-4-5-6-7-8-11-16(20)19-15-17(14-18)12-9-10-13-17/h2-15H2,1H3,(H,19,20). The second kappa shape index (κ2) is 10.5. The number of unbranched alkanes of at least 4 members (excludes halogenated alkanes) is 6. The van der Waals surface area contributed by atoms with Crippen LogP contribution in [0.4, 0.5) is 0 Å². The predicted octanol–water partition coefficient (Wildman–Crippen LogP) is 5.04. The summed E-state index contributed by atoms with van der Waals surface area (Å²) in [6, 6.07) is 0. The van der Waals surface area contributed by atoms with Gasteiger partial charge in [0.1, 0.15) is 0 Å². The average molecular weight is 302 g/mol. The van der Waals surface area contributed by atoms with Crippen LogP contribution in [-0.4, -0.2) is 18.3 Å². The summed E-state index contributed by atoms with van der Waals surface area (Å²) in [6.45, 7) is 3.02. The average Bonchev–Trinajstić information content (AvgIpc) is 2.94. The molecule has 0 atom stereocenters. The first kappa shape index (κ1) is 17.8. The van der Waals surface area contributed by atoms with Gasteiger partial charge in [0.15, 0.2) is 0 Å². The van der Waals surface area contributed by atoms with Crippen molar-refractivity contribution in [2.24, 2.45) is 5.41 Å². The summed E-state index contributed by atoms with van der Waals surface area (Å²) < 4.78 is 0. The highest BCUT2D eigenvalue weighted by Crippen LogP contribution is 2.38. The van der Waals surface area contributed by atoms with Crippen LogP contribution in [0.5, 0.6) is 0 Å². The predicted molar refractivity (Wildman–Crippen MR) is 87.2 cm³/mol. The summed E-state index contributed by atoms with van der Waals surface area (Å²) in [5.74, 6) is 0.903. The smallest absolute Gasteiger partial charge is 0.220 e. The van der Waals surface area contributed by atoms with E-state index in [1.54, 1.807) is 0 Å². The zero-order valence-electron chi connectivity index (χ0n) is 13.2. The summed E-state index contributed by atoms with van der Waals surface area (Å²) >= 11 is 6.08. The topological polar surface area (TPSA) is 29.1 Å². The summed E-state index contributed by atoms with van der Waals surface area (Å²) in [5.41, 5.74) is 0.192. The van der Waals surface area contributed by atoms with Crippen LogP contribution in [0, 0.1) is 5.41 Å². The van der Waals surface area contributed by atoms with Gasteiger partial charge in [-0.25, -0.2) is 0 Å². The molecule has 0 aromatic carbocycles. The van der Waals surface area contributed by atoms with Gasteiger partial charge < -0.3 is 5.32 Å². The molecule has 0 bridgehead atoms. The maximum Gasteiger partial charge on any atom is 0.220 e. The molecule has 0 aromatic heterocycles. The Labute approximate surface area is 130 Å². The molecule has 0 unspecified atom stereocenters. The van der Waals surface area contributed by atoms with E-state index in [9.17, 15) is 4.79 Å². The van der Waals surface area contributed by atoms with Gasteiger partial charge in [0.2, 0.25) is 5.91 Å². The van der Waals surface area contributed by atoms with Crippen molar-refractivity contribution in [3.63, 3.8) is 0 Å². The van der Waals surface area contributed by atoms with Crippen molar-refractivity contribution in [1.82, 2.24) is 5.32 Å². The minimum Gasteiger partial charge on any atom is -0.356 e. The lowest BCUT2D eigenvalue weighted by molar-refractivity contribution is -0.121. The SMILES string of the molecule is CCCCCCCCCC(=O)NCC1(CCl)CCCC1. The minimum absolute atomic E-state index is 0.192. The van der Waals surface area contributed by atoms with E-state index in [0.29, 0.717) is 12.3 Å². The molecule has 0 aliphatic heterocycles. The Hall–Kier alpha value is -0.240. The molecule has 1 aliphatic rings. The van der Waals surface area contributed by atoms with Crippen molar-refractivity contribution >= 4 is 17.5 Å². The van der Waals surface area contributed by atoms with Crippen LogP contribution in [0.15, 0.2) is 0 Å². The Morgan fingerprint density at radius 1 is 1.05 bits per heavy atom. The van der Waals surface area contributed by atoms with E-state index in [2.05, 4.69) is 12.2 Å². The zero-order valence-corrected chi connectivity index (χ0v) is 13.9. The van der Waals surface area contributed by atoms with E-state index in [0.717, 1.165) is 13.0 Å². The van der Waals surface area contributed by atoms with Gasteiger partial charge in [-0.15, -0.1) is 11.6 Å². The van der Waals surface area contributed by atoms with Crippen molar-refractivity contribution in [3.05, 3.63) is 0 Å². The number of carbonyl (C=O) groups excluding carboxylic acids is 1. The molecule has 118 valence electrons. The van der Waals surface area contributed by atoms with Crippen molar-refractivity contribution in [3.8, 4) is 0 Å². The van der Waals surface area contributed by atoms with Crippen molar-refractivity contribution in [2.45, 2.75) is 84.0 Å². The molecule has 1 fully saturated rings. The highest BCUT2D eigenvalue weighted by Gasteiger charge is 2.33. The number of amides is 1. The Morgan fingerprint density at radius 3 is 2.25 bits per heavy atom. The molecule has 1 saturated carbocycles. The molecule has 0 radical (unpaired) electrons. The number of rotatable bonds is 11. The van der Waals surface area contributed by atoms with Gasteiger partial charge in [-0.1, -0.05) is 58.3 Å². The lowest BCUT2D eigenvalue weighted by Crippen LogP contribution is -2.37. The molecule has 1 N–H and O–H groups in total. The summed E-state index contributed by atoms with van der Waals surface area (Å²) in [5, 5.41) is 3.10. The van der Waals surface area contributed by atoms with Gasteiger partial charge in [0.05, 0.1) is 0 Å². The number of halogens is 1. The fourth-order valence-corrected chi connectivity index (χ4v) is 3.46. The second-order valence-electron chi connectivity index (χ2n) is 6.49. The van der Waals surface area contributed by atoms with Crippen molar-refractivity contribution in [2.75, 3.05) is 12.4 Å². The number of alkyl halides is 1. The van der Waals surface area contributed by atoms with Crippen LogP contribution in [-0.2, 0) is 4.79 Å². The lowest BCUT2D eigenvalue weighted by Gasteiger charge is -2.26. The Balaban J connectivity index is 2.00. The van der Waals surface area contributed by atoms with Gasteiger partial charge in [-0.3, -0.25) is 4.79 Å². The Bertz CT molecular complexity index is 262. The third-order valence-corrected chi connectivity index (χ3v) is 5.18. The molecular formula is C17H32ClNO. The molecule has 1 aliphatic carbocycles. The monoisotopic (exact) mass is 301 g/mol. The first-order valence-corrected chi connectivity index (χ1v) is 9.08. The molecule has 1 amide bonds. The van der Waals surface area contributed by atoms with Crippen LogP contribution >= 0.6 is 11.6 Å². The molecule has 1 rings (SSSR count). The highest BCUT2D eigenvalue weighted by atomic mass is 35.5. The number of hydrogen-bond acceptors (Lipinski definition) is 1. The highest BCUT2D eigenvalue weighted by molar-refractivity contribution is 6.18. The lowest BCUT2D eigenvalue weighted by atomic mass is 9.88. The normalized spacial score (nSPS) is 17.3. The third kappa shape index (κ3) is 6.97. The minimum atomic E-state index is 0.192. The summed E-state index contributed by atoms with van der Waals surface area (Å²) in [4.78, 5) is 11.8. The van der Waals surface area contributed by atoms with Gasteiger partial charge in [-0.2, -0.15) is 0 Å². The van der Waals surface area contributed by atoms with Gasteiger partial charge in [0.25, 0.3) is 0 Å². The van der Waals surface area contributed by atoms with Crippen LogP contribution in [0.1, 0.15) is 84.0 Å². The van der Waals surface area contributed by atoms with Gasteiger partial charge in [0, 0.05) is 24.3 Å². The zero-order chi connectivity index (χ0) is 14.7. The largest absolute Gasteiger partial charge is 0.356 e. The first-order valence-electron chi connectivity index (χ1n) is 8.55. The molecule has 0 saturated heterocycles. The summed E-state index contributed by atoms with van der Waals surface area (Å²) in [6.07, 6.45) is 14.4. The van der Waals surface area contributed by atoms with Crippen molar-refractivity contribution < 1.29 is 4.79 Å². The van der Waals surface area contributed by atoms with E-state index < -0.39 is 0 Å². The van der Waals surface area contributed by atoms with Crippen LogP contribution in [0.25, 0.3) is 0 Å². The number of hydrogen-bond donors (Lipinski definition) is 1. The first-order chi connectivity index (χ1) is 9.72. The van der Waals surface area contributed by atoms with E-state index >= 15 is 0 Å². The van der Waals surface area contributed by atoms with E-state index in [1.165, 1.54) is 64.2 Å². The van der Waals surface area contributed by atoms with E-state index in [-0.39, 0.29) is 11.3 Å². The van der Waals surface area contributed by atoms with E-state index in [4.69, 9.17) is 11.6 Å². The molecule has 0 aromatic rings. The molecule has 20 heavy (non-hydrogen) atoms. The van der Waals surface area contributed by atoms with Crippen LogP contribution < -0.4 is 5.32 Å². The molecule has 0 spiro atoms. The molecule has 2 nitrogen and oxygen atoms in total. The van der Waals surface area contributed by atoms with E-state index in [1.807, 2.05) is 0 Å². The second-order valence-corrected chi connectivity index (χ2v) is 6.76. The Morgan fingerprint density at radius 2 is 1.65 bits per heavy atom. The summed E-state index contributed by atoms with van der Waals surface area (Å²) in [7, 11) is 0. The Kier molecular flexibility index (Phi) is 9.33.